The van der Waals surface area contributed by atoms with Gasteiger partial charge in [-0.15, -0.1) is 0 Å². The lowest BCUT2D eigenvalue weighted by molar-refractivity contribution is -0.270. The molecule has 0 aromatic carbocycles. The molecule has 200 valence electrons. The van der Waals surface area contributed by atoms with Gasteiger partial charge in [-0.3, -0.25) is 14.6 Å². The van der Waals surface area contributed by atoms with E-state index in [-0.39, 0.29) is 42.1 Å². The molecule has 1 aliphatic heterocycles. The maximum absolute atomic E-state index is 13.3. The third kappa shape index (κ3) is 4.78. The van der Waals surface area contributed by atoms with E-state index in [0.717, 1.165) is 12.8 Å². The Hall–Kier alpha value is -3.15. The van der Waals surface area contributed by atoms with Crippen molar-refractivity contribution in [3.63, 3.8) is 0 Å². The fourth-order valence-corrected chi connectivity index (χ4v) is 5.65. The summed E-state index contributed by atoms with van der Waals surface area (Å²) < 4.78 is 39.2. The Morgan fingerprint density at radius 3 is 2.54 bits per heavy atom. The number of aliphatic hydroxyl groups is 1. The van der Waals surface area contributed by atoms with Crippen LogP contribution in [0.3, 0.4) is 0 Å². The van der Waals surface area contributed by atoms with Crippen LogP contribution in [0.2, 0.25) is 0 Å². The Kier molecular flexibility index (Phi) is 6.20. The summed E-state index contributed by atoms with van der Waals surface area (Å²) in [6, 6.07) is 1.28. The molecule has 0 bridgehead atoms. The fraction of sp³-hybridized carbons (Fsp3) is 0.600. The molecule has 2 aliphatic carbocycles. The maximum atomic E-state index is 13.3. The molecule has 2 aromatic rings. The van der Waals surface area contributed by atoms with Gasteiger partial charge in [-0.25, -0.2) is 4.98 Å². The minimum Gasteiger partial charge on any atom is -0.506 e. The number of aryl methyl sites for hydroxylation is 1. The van der Waals surface area contributed by atoms with E-state index in [1.807, 2.05) is 0 Å². The van der Waals surface area contributed by atoms with Gasteiger partial charge in [-0.1, -0.05) is 0 Å². The lowest BCUT2D eigenvalue weighted by atomic mass is 9.81. The minimum atomic E-state index is -4.67. The topological polar surface area (TPSA) is 131 Å². The number of carbonyl (C=O) groups excluding carboxylic acids is 2. The summed E-state index contributed by atoms with van der Waals surface area (Å²) in [7, 11) is 0. The molecular weight excluding hydrogens is 491 g/mol. The summed E-state index contributed by atoms with van der Waals surface area (Å²) in [5.74, 6) is -0.699. The third-order valence-corrected chi connectivity index (χ3v) is 8.11. The molecule has 3 aliphatic rings. The highest BCUT2D eigenvalue weighted by atomic mass is 19.4. The summed E-state index contributed by atoms with van der Waals surface area (Å²) in [5.41, 5.74) is -1.52. The van der Waals surface area contributed by atoms with Crippen LogP contribution in [0.5, 0.6) is 5.75 Å². The number of likely N-dealkylation sites (tertiary alicyclic amines) is 1. The lowest BCUT2D eigenvalue weighted by Crippen LogP contribution is -2.54. The van der Waals surface area contributed by atoms with Gasteiger partial charge in [0.1, 0.15) is 5.75 Å². The van der Waals surface area contributed by atoms with Crippen LogP contribution in [0.1, 0.15) is 67.7 Å². The quantitative estimate of drug-likeness (QED) is 0.489. The molecule has 1 unspecified atom stereocenters. The van der Waals surface area contributed by atoms with Gasteiger partial charge in [-0.2, -0.15) is 13.2 Å². The van der Waals surface area contributed by atoms with Crippen molar-refractivity contribution < 1.29 is 33.0 Å². The van der Waals surface area contributed by atoms with Gasteiger partial charge in [0.25, 0.3) is 5.91 Å². The highest BCUT2D eigenvalue weighted by Gasteiger charge is 2.56. The number of H-pyrrole nitrogens is 1. The van der Waals surface area contributed by atoms with E-state index in [1.165, 1.54) is 6.20 Å². The van der Waals surface area contributed by atoms with E-state index in [2.05, 4.69) is 20.3 Å². The number of hydrogen-bond donors (Lipinski definition) is 4. The number of pyridine rings is 1. The van der Waals surface area contributed by atoms with Crippen LogP contribution in [-0.2, 0) is 4.79 Å². The first kappa shape index (κ1) is 25.5. The smallest absolute Gasteiger partial charge is 0.417 e. The second-order valence-corrected chi connectivity index (χ2v) is 10.7. The zero-order valence-electron chi connectivity index (χ0n) is 20.4. The Bertz CT molecular complexity index is 1200. The van der Waals surface area contributed by atoms with Crippen molar-refractivity contribution in [1.82, 2.24) is 25.2 Å². The summed E-state index contributed by atoms with van der Waals surface area (Å²) in [4.78, 5) is 39.4. The minimum absolute atomic E-state index is 0.0392. The van der Waals surface area contributed by atoms with E-state index in [9.17, 15) is 33.0 Å². The number of aromatic amines is 1. The number of carbonyl (C=O) groups is 2. The molecule has 1 spiro atoms. The van der Waals surface area contributed by atoms with Crippen molar-refractivity contribution in [3.05, 3.63) is 30.0 Å². The van der Waals surface area contributed by atoms with Gasteiger partial charge in [-0.05, 0) is 64.4 Å². The van der Waals surface area contributed by atoms with Gasteiger partial charge in [0, 0.05) is 41.5 Å². The molecule has 1 atom stereocenters. The number of piperidine rings is 1. The van der Waals surface area contributed by atoms with Crippen molar-refractivity contribution in [2.45, 2.75) is 81.6 Å². The molecule has 3 heterocycles. The predicted molar refractivity (Wildman–Crippen MR) is 125 cm³/mol. The average molecular weight is 522 g/mol. The Morgan fingerprint density at radius 1 is 1.19 bits per heavy atom. The van der Waals surface area contributed by atoms with Crippen LogP contribution in [0, 0.1) is 12.8 Å². The molecule has 2 aromatic heterocycles. The Balaban J connectivity index is 1.20. The maximum Gasteiger partial charge on any atom is 0.417 e. The van der Waals surface area contributed by atoms with Crippen molar-refractivity contribution in [1.29, 1.82) is 0 Å². The van der Waals surface area contributed by atoms with Crippen LogP contribution < -0.4 is 5.32 Å². The van der Waals surface area contributed by atoms with Crippen LogP contribution in [-0.4, -0.2) is 71.8 Å². The number of amides is 2. The van der Waals surface area contributed by atoms with Gasteiger partial charge >= 0.3 is 6.18 Å². The predicted octanol–water partition coefficient (Wildman–Crippen LogP) is 3.22. The zero-order valence-corrected chi connectivity index (χ0v) is 20.4. The molecule has 1 saturated heterocycles. The normalized spacial score (nSPS) is 27.2. The first-order valence-electron chi connectivity index (χ1n) is 12.5. The number of aromatic nitrogens is 3. The largest absolute Gasteiger partial charge is 0.506 e. The van der Waals surface area contributed by atoms with Crippen molar-refractivity contribution in [2.24, 2.45) is 5.92 Å². The van der Waals surface area contributed by atoms with Gasteiger partial charge in [0.05, 0.1) is 11.9 Å². The van der Waals surface area contributed by atoms with Crippen LogP contribution in [0.15, 0.2) is 18.5 Å². The monoisotopic (exact) mass is 521 g/mol. The number of halogens is 3. The number of aromatic hydroxyl groups is 1. The SMILES string of the molecule is Cc1cc(-c2c[nH]c(C(=O)N3CCC(C(=O)N[C@H]4CC[C@@](O)(C(F)(F)F)CC4)CC34CC4)n2)c(O)cn1. The Morgan fingerprint density at radius 2 is 1.89 bits per heavy atom. The van der Waals surface area contributed by atoms with Crippen molar-refractivity contribution in [3.8, 4) is 17.0 Å². The van der Waals surface area contributed by atoms with E-state index in [1.54, 1.807) is 24.1 Å². The van der Waals surface area contributed by atoms with Crippen LogP contribution in [0.25, 0.3) is 11.3 Å². The van der Waals surface area contributed by atoms with Gasteiger partial charge < -0.3 is 25.4 Å². The molecule has 2 amide bonds. The molecule has 37 heavy (non-hydrogen) atoms. The van der Waals surface area contributed by atoms with Crippen molar-refractivity contribution >= 4 is 11.8 Å². The summed E-state index contributed by atoms with van der Waals surface area (Å²) >= 11 is 0. The summed E-state index contributed by atoms with van der Waals surface area (Å²) in [6.45, 7) is 2.15. The molecule has 4 N–H and O–H groups in total. The highest BCUT2D eigenvalue weighted by Crippen LogP contribution is 2.50. The number of alkyl halides is 3. The number of imidazole rings is 1. The van der Waals surface area contributed by atoms with Crippen LogP contribution in [0.4, 0.5) is 13.2 Å². The number of nitrogens with one attached hydrogen (secondary N) is 2. The second kappa shape index (κ2) is 9.00. The molecule has 9 nitrogen and oxygen atoms in total. The highest BCUT2D eigenvalue weighted by molar-refractivity contribution is 5.92. The first-order valence-corrected chi connectivity index (χ1v) is 12.5. The number of hydrogen-bond acceptors (Lipinski definition) is 6. The van der Waals surface area contributed by atoms with E-state index < -0.39 is 36.2 Å². The van der Waals surface area contributed by atoms with Gasteiger partial charge in [0.15, 0.2) is 11.4 Å². The lowest BCUT2D eigenvalue weighted by Gasteiger charge is -2.41. The molecule has 3 fully saturated rings. The summed E-state index contributed by atoms with van der Waals surface area (Å²) in [6.07, 6.45) is -0.0455. The summed E-state index contributed by atoms with van der Waals surface area (Å²) in [5, 5.41) is 22.9. The average Bonchev–Trinajstić information content (AvgIpc) is 3.42. The molecule has 0 radical (unpaired) electrons. The van der Waals surface area contributed by atoms with Crippen molar-refractivity contribution in [2.75, 3.05) is 6.54 Å². The van der Waals surface area contributed by atoms with Gasteiger partial charge in [0.2, 0.25) is 5.91 Å². The van der Waals surface area contributed by atoms with E-state index in [4.69, 9.17) is 0 Å². The molecule has 12 heteroatoms. The zero-order chi connectivity index (χ0) is 26.6. The molecule has 5 rings (SSSR count). The number of rotatable bonds is 4. The van der Waals surface area contributed by atoms with Crippen LogP contribution >= 0.6 is 0 Å². The standard InChI is InChI=1S/C25H30F3N5O4/c1-14-10-17(19(34)13-29-14)18-12-30-20(32-18)22(36)33-9-4-15(11-23(33)7-8-23)21(35)31-16-2-5-24(37,6-3-16)25(26,27)28/h10,12-13,15-16,34,37H,2-9,11H2,1H3,(H,30,32)(H,31,35)/t15?,16-,24-. The molecular formula is C25H30F3N5O4. The third-order valence-electron chi connectivity index (χ3n) is 8.11. The Labute approximate surface area is 211 Å². The molecule has 2 saturated carbocycles. The van der Waals surface area contributed by atoms with E-state index >= 15 is 0 Å². The second-order valence-electron chi connectivity index (χ2n) is 10.7. The first-order chi connectivity index (χ1) is 17.4. The number of nitrogens with zero attached hydrogens (tertiary/aromatic N) is 3. The van der Waals surface area contributed by atoms with E-state index in [0.29, 0.717) is 36.3 Å². The fourth-order valence-electron chi connectivity index (χ4n) is 5.65.